The standard InChI is InChI=1S/C20H19FN2O3/c1-13(24)19-17(18(22-26-19)15-8-10-16(21)11-9-15)20(25)23(2)12-14-6-4-3-5-7-14/h3-11,13,24H,12H2,1-2H3/t13-/m0/s1. The molecule has 134 valence electrons. The first-order valence-electron chi connectivity index (χ1n) is 8.20. The number of carbonyl (C=O) groups is 1. The molecule has 0 saturated carbocycles. The highest BCUT2D eigenvalue weighted by Crippen LogP contribution is 2.30. The molecular weight excluding hydrogens is 335 g/mol. The maximum Gasteiger partial charge on any atom is 0.259 e. The Morgan fingerprint density at radius 2 is 1.85 bits per heavy atom. The maximum absolute atomic E-state index is 13.2. The summed E-state index contributed by atoms with van der Waals surface area (Å²) in [7, 11) is 1.67. The quantitative estimate of drug-likeness (QED) is 0.757. The lowest BCUT2D eigenvalue weighted by molar-refractivity contribution is 0.0773. The van der Waals surface area contributed by atoms with E-state index in [-0.39, 0.29) is 28.7 Å². The second-order valence-corrected chi connectivity index (χ2v) is 6.10. The van der Waals surface area contributed by atoms with E-state index in [0.29, 0.717) is 12.1 Å². The van der Waals surface area contributed by atoms with Gasteiger partial charge in [0.15, 0.2) is 5.76 Å². The molecule has 2 aromatic carbocycles. The molecule has 0 saturated heterocycles. The summed E-state index contributed by atoms with van der Waals surface area (Å²) in [5, 5.41) is 13.9. The van der Waals surface area contributed by atoms with Crippen LogP contribution < -0.4 is 0 Å². The SMILES string of the molecule is C[C@H](O)c1onc(-c2ccc(F)cc2)c1C(=O)N(C)Cc1ccccc1. The highest BCUT2D eigenvalue weighted by Gasteiger charge is 2.28. The molecule has 0 bridgehead atoms. The molecule has 1 N–H and O–H groups in total. The molecule has 0 aliphatic carbocycles. The van der Waals surface area contributed by atoms with Crippen molar-refractivity contribution in [3.8, 4) is 11.3 Å². The lowest BCUT2D eigenvalue weighted by Gasteiger charge is -2.18. The lowest BCUT2D eigenvalue weighted by Crippen LogP contribution is -2.27. The van der Waals surface area contributed by atoms with Crippen molar-refractivity contribution in [1.29, 1.82) is 0 Å². The number of halogens is 1. The highest BCUT2D eigenvalue weighted by atomic mass is 19.1. The Kier molecular flexibility index (Phi) is 5.14. The molecule has 1 aromatic heterocycles. The topological polar surface area (TPSA) is 66.6 Å². The Morgan fingerprint density at radius 1 is 1.19 bits per heavy atom. The number of rotatable bonds is 5. The summed E-state index contributed by atoms with van der Waals surface area (Å²) in [6.45, 7) is 1.90. The van der Waals surface area contributed by atoms with Crippen LogP contribution in [0.1, 0.15) is 34.7 Å². The fourth-order valence-corrected chi connectivity index (χ4v) is 2.72. The minimum absolute atomic E-state index is 0.0919. The number of aliphatic hydroxyl groups excluding tert-OH is 1. The van der Waals surface area contributed by atoms with Crippen LogP contribution in [0.4, 0.5) is 4.39 Å². The Balaban J connectivity index is 1.97. The Bertz CT molecular complexity index is 889. The number of aromatic nitrogens is 1. The molecule has 26 heavy (non-hydrogen) atoms. The molecule has 3 rings (SSSR count). The Morgan fingerprint density at radius 3 is 2.46 bits per heavy atom. The molecule has 1 heterocycles. The number of amides is 1. The van der Waals surface area contributed by atoms with E-state index in [4.69, 9.17) is 4.52 Å². The number of hydrogen-bond acceptors (Lipinski definition) is 4. The summed E-state index contributed by atoms with van der Waals surface area (Å²) in [4.78, 5) is 14.6. The zero-order chi connectivity index (χ0) is 18.7. The van der Waals surface area contributed by atoms with Crippen LogP contribution in [-0.4, -0.2) is 28.1 Å². The first-order valence-corrected chi connectivity index (χ1v) is 8.20. The van der Waals surface area contributed by atoms with E-state index < -0.39 is 6.10 Å². The van der Waals surface area contributed by atoms with E-state index in [0.717, 1.165) is 5.56 Å². The molecule has 3 aromatic rings. The molecule has 0 unspecified atom stereocenters. The van der Waals surface area contributed by atoms with Crippen LogP contribution >= 0.6 is 0 Å². The van der Waals surface area contributed by atoms with E-state index in [2.05, 4.69) is 5.16 Å². The zero-order valence-electron chi connectivity index (χ0n) is 14.5. The second-order valence-electron chi connectivity index (χ2n) is 6.10. The third-order valence-corrected chi connectivity index (χ3v) is 4.04. The number of carbonyl (C=O) groups excluding carboxylic acids is 1. The van der Waals surface area contributed by atoms with Crippen molar-refractivity contribution in [3.63, 3.8) is 0 Å². The van der Waals surface area contributed by atoms with Gasteiger partial charge >= 0.3 is 0 Å². The lowest BCUT2D eigenvalue weighted by atomic mass is 10.0. The molecular formula is C20H19FN2O3. The van der Waals surface area contributed by atoms with Gasteiger partial charge in [-0.2, -0.15) is 0 Å². The van der Waals surface area contributed by atoms with Crippen molar-refractivity contribution in [1.82, 2.24) is 10.1 Å². The summed E-state index contributed by atoms with van der Waals surface area (Å²) in [5.41, 5.74) is 1.98. The van der Waals surface area contributed by atoms with Gasteiger partial charge in [-0.25, -0.2) is 4.39 Å². The number of aliphatic hydroxyl groups is 1. The zero-order valence-corrected chi connectivity index (χ0v) is 14.5. The van der Waals surface area contributed by atoms with Crippen LogP contribution in [0.3, 0.4) is 0 Å². The fourth-order valence-electron chi connectivity index (χ4n) is 2.72. The average Bonchev–Trinajstić information content (AvgIpc) is 3.07. The number of nitrogens with zero attached hydrogens (tertiary/aromatic N) is 2. The smallest absolute Gasteiger partial charge is 0.259 e. The fraction of sp³-hybridized carbons (Fsp3) is 0.200. The Labute approximate surface area is 150 Å². The molecule has 5 nitrogen and oxygen atoms in total. The van der Waals surface area contributed by atoms with Crippen molar-refractivity contribution in [2.75, 3.05) is 7.05 Å². The summed E-state index contributed by atoms with van der Waals surface area (Å²) < 4.78 is 18.4. The van der Waals surface area contributed by atoms with Crippen molar-refractivity contribution in [3.05, 3.63) is 77.3 Å². The van der Waals surface area contributed by atoms with Gasteiger partial charge in [-0.1, -0.05) is 35.5 Å². The molecule has 1 amide bonds. The predicted octanol–water partition coefficient (Wildman–Crippen LogP) is 3.81. The molecule has 0 aliphatic heterocycles. The minimum Gasteiger partial charge on any atom is -0.385 e. The molecule has 1 atom stereocenters. The van der Waals surface area contributed by atoms with Gasteiger partial charge in [0.25, 0.3) is 5.91 Å². The van der Waals surface area contributed by atoms with Gasteiger partial charge in [-0.05, 0) is 36.8 Å². The Hall–Kier alpha value is -2.99. The number of hydrogen-bond donors (Lipinski definition) is 1. The van der Waals surface area contributed by atoms with Gasteiger partial charge in [-0.3, -0.25) is 4.79 Å². The van der Waals surface area contributed by atoms with E-state index in [9.17, 15) is 14.3 Å². The van der Waals surface area contributed by atoms with Crippen molar-refractivity contribution >= 4 is 5.91 Å². The van der Waals surface area contributed by atoms with Gasteiger partial charge in [0.1, 0.15) is 23.2 Å². The van der Waals surface area contributed by atoms with Crippen LogP contribution in [0.15, 0.2) is 59.1 Å². The van der Waals surface area contributed by atoms with Gasteiger partial charge in [0, 0.05) is 19.2 Å². The summed E-state index contributed by atoms with van der Waals surface area (Å²) in [6, 6.07) is 15.2. The van der Waals surface area contributed by atoms with Crippen molar-refractivity contribution in [2.45, 2.75) is 19.6 Å². The summed E-state index contributed by atoms with van der Waals surface area (Å²) in [6.07, 6.45) is -0.999. The number of benzene rings is 2. The first kappa shape index (κ1) is 17.8. The van der Waals surface area contributed by atoms with Crippen LogP contribution in [-0.2, 0) is 6.54 Å². The van der Waals surface area contributed by atoms with Crippen LogP contribution in [0.2, 0.25) is 0 Å². The van der Waals surface area contributed by atoms with Crippen molar-refractivity contribution in [2.24, 2.45) is 0 Å². The third-order valence-electron chi connectivity index (χ3n) is 4.04. The normalized spacial score (nSPS) is 12.0. The van der Waals surface area contributed by atoms with Gasteiger partial charge in [0.05, 0.1) is 0 Å². The van der Waals surface area contributed by atoms with Gasteiger partial charge in [0.2, 0.25) is 0 Å². The summed E-state index contributed by atoms with van der Waals surface area (Å²) in [5.74, 6) is -0.623. The largest absolute Gasteiger partial charge is 0.385 e. The van der Waals surface area contributed by atoms with Gasteiger partial charge < -0.3 is 14.5 Å². The average molecular weight is 354 g/mol. The van der Waals surface area contributed by atoms with E-state index in [1.54, 1.807) is 7.05 Å². The van der Waals surface area contributed by atoms with Crippen LogP contribution in [0.25, 0.3) is 11.3 Å². The third kappa shape index (κ3) is 3.65. The molecule has 0 aliphatic rings. The van der Waals surface area contributed by atoms with E-state index >= 15 is 0 Å². The highest BCUT2D eigenvalue weighted by molar-refractivity contribution is 6.00. The van der Waals surface area contributed by atoms with Crippen molar-refractivity contribution < 1.29 is 18.8 Å². The first-order chi connectivity index (χ1) is 12.5. The van der Waals surface area contributed by atoms with Crippen LogP contribution in [0.5, 0.6) is 0 Å². The van der Waals surface area contributed by atoms with E-state index in [1.807, 2.05) is 30.3 Å². The monoisotopic (exact) mass is 354 g/mol. The second kappa shape index (κ2) is 7.49. The minimum atomic E-state index is -0.999. The summed E-state index contributed by atoms with van der Waals surface area (Å²) >= 11 is 0. The molecule has 0 fully saturated rings. The molecule has 0 radical (unpaired) electrons. The van der Waals surface area contributed by atoms with Crippen LogP contribution in [0, 0.1) is 5.82 Å². The molecule has 6 heteroatoms. The van der Waals surface area contributed by atoms with Gasteiger partial charge in [-0.15, -0.1) is 0 Å². The van der Waals surface area contributed by atoms with E-state index in [1.165, 1.54) is 36.1 Å². The predicted molar refractivity (Wildman–Crippen MR) is 94.8 cm³/mol. The maximum atomic E-state index is 13.2. The molecule has 0 spiro atoms.